The number of amidine groups is 1. The molecule has 0 saturated carbocycles. The molecule has 0 unspecified atom stereocenters. The van der Waals surface area contributed by atoms with Crippen molar-refractivity contribution in [3.63, 3.8) is 0 Å². The van der Waals surface area contributed by atoms with E-state index in [1.54, 1.807) is 6.08 Å². The van der Waals surface area contributed by atoms with Gasteiger partial charge < -0.3 is 4.90 Å². The fraction of sp³-hybridized carbons (Fsp3) is 0.150. The molecule has 0 bridgehead atoms. The highest BCUT2D eigenvalue weighted by Crippen LogP contribution is 2.12. The monoisotopic (exact) mass is 290 g/mol. The van der Waals surface area contributed by atoms with Gasteiger partial charge in [0.2, 0.25) is 0 Å². The zero-order valence-corrected chi connectivity index (χ0v) is 13.1. The molecule has 2 aromatic rings. The normalized spacial score (nSPS) is 11.0. The maximum absolute atomic E-state index is 4.52. The number of aliphatic imine (C=N–C) groups is 1. The van der Waals surface area contributed by atoms with Gasteiger partial charge in [-0.15, -0.1) is 0 Å². The topological polar surface area (TPSA) is 15.6 Å². The maximum atomic E-state index is 4.52. The quantitative estimate of drug-likeness (QED) is 0.423. The van der Waals surface area contributed by atoms with Crippen LogP contribution in [0.25, 0.3) is 0 Å². The van der Waals surface area contributed by atoms with Crippen molar-refractivity contribution >= 4 is 5.84 Å². The Balaban J connectivity index is 2.22. The molecule has 22 heavy (non-hydrogen) atoms. The molecule has 2 rings (SSSR count). The number of nitrogens with zero attached hydrogens (tertiary/aromatic N) is 2. The predicted molar refractivity (Wildman–Crippen MR) is 94.6 cm³/mol. The molecule has 112 valence electrons. The van der Waals surface area contributed by atoms with Crippen molar-refractivity contribution in [1.29, 1.82) is 0 Å². The highest BCUT2D eigenvalue weighted by Gasteiger charge is 2.09. The van der Waals surface area contributed by atoms with Crippen LogP contribution in [0.15, 0.2) is 90.6 Å². The molecule has 0 atom stereocenters. The first-order valence-corrected chi connectivity index (χ1v) is 7.38. The molecule has 2 heteroatoms. The number of benzene rings is 2. The van der Waals surface area contributed by atoms with E-state index in [9.17, 15) is 0 Å². The SMILES string of the molecule is C=CC(=C)N=C(C)N(Cc1ccccc1)Cc1ccccc1. The number of hydrogen-bond donors (Lipinski definition) is 0. The van der Waals surface area contributed by atoms with Gasteiger partial charge in [-0.25, -0.2) is 4.99 Å². The molecule has 2 nitrogen and oxygen atoms in total. The Morgan fingerprint density at radius 2 is 1.41 bits per heavy atom. The first-order chi connectivity index (χ1) is 10.7. The highest BCUT2D eigenvalue weighted by molar-refractivity contribution is 5.81. The van der Waals surface area contributed by atoms with E-state index in [0.29, 0.717) is 5.70 Å². The second-order valence-electron chi connectivity index (χ2n) is 5.18. The Hall–Kier alpha value is -2.61. The largest absolute Gasteiger partial charge is 0.352 e. The van der Waals surface area contributed by atoms with Crippen molar-refractivity contribution in [1.82, 2.24) is 4.90 Å². The average Bonchev–Trinajstić information content (AvgIpc) is 2.56. The van der Waals surface area contributed by atoms with E-state index in [0.717, 1.165) is 18.9 Å². The summed E-state index contributed by atoms with van der Waals surface area (Å²) < 4.78 is 0. The van der Waals surface area contributed by atoms with Crippen LogP contribution in [0, 0.1) is 0 Å². The first kappa shape index (κ1) is 15.8. The zero-order valence-electron chi connectivity index (χ0n) is 13.1. The lowest BCUT2D eigenvalue weighted by atomic mass is 10.1. The third-order valence-corrected chi connectivity index (χ3v) is 3.43. The van der Waals surface area contributed by atoms with E-state index in [4.69, 9.17) is 0 Å². The first-order valence-electron chi connectivity index (χ1n) is 7.38. The Kier molecular flexibility index (Phi) is 5.73. The van der Waals surface area contributed by atoms with Crippen LogP contribution >= 0.6 is 0 Å². The van der Waals surface area contributed by atoms with Gasteiger partial charge in [-0.3, -0.25) is 0 Å². The Bertz CT molecular complexity index is 600. The predicted octanol–water partition coefficient (Wildman–Crippen LogP) is 4.81. The van der Waals surface area contributed by atoms with Crippen molar-refractivity contribution in [3.8, 4) is 0 Å². The van der Waals surface area contributed by atoms with Gasteiger partial charge in [0.25, 0.3) is 0 Å². The Labute approximate surface area is 133 Å². The molecule has 0 fully saturated rings. The average molecular weight is 290 g/mol. The summed E-state index contributed by atoms with van der Waals surface area (Å²) in [4.78, 5) is 6.77. The van der Waals surface area contributed by atoms with Crippen LogP contribution in [0.2, 0.25) is 0 Å². The van der Waals surface area contributed by atoms with Crippen LogP contribution in [0.1, 0.15) is 18.1 Å². The summed E-state index contributed by atoms with van der Waals surface area (Å²) in [5, 5.41) is 0. The van der Waals surface area contributed by atoms with E-state index in [1.165, 1.54) is 11.1 Å². The molecular weight excluding hydrogens is 268 g/mol. The maximum Gasteiger partial charge on any atom is 0.102 e. The van der Waals surface area contributed by atoms with Crippen LogP contribution in [0.4, 0.5) is 0 Å². The third kappa shape index (κ3) is 4.74. The lowest BCUT2D eigenvalue weighted by Gasteiger charge is -2.25. The number of hydrogen-bond acceptors (Lipinski definition) is 1. The van der Waals surface area contributed by atoms with Crippen LogP contribution in [0.5, 0.6) is 0 Å². The molecular formula is C20H22N2. The third-order valence-electron chi connectivity index (χ3n) is 3.43. The number of allylic oxidation sites excluding steroid dienone is 1. The number of rotatable bonds is 6. The smallest absolute Gasteiger partial charge is 0.102 e. The van der Waals surface area contributed by atoms with Crippen LogP contribution in [-0.4, -0.2) is 10.7 Å². The van der Waals surface area contributed by atoms with Crippen molar-refractivity contribution in [2.75, 3.05) is 0 Å². The summed E-state index contributed by atoms with van der Waals surface area (Å²) in [7, 11) is 0. The van der Waals surface area contributed by atoms with Gasteiger partial charge in [-0.05, 0) is 24.1 Å². The lowest BCUT2D eigenvalue weighted by molar-refractivity contribution is 0.403. The van der Waals surface area contributed by atoms with Gasteiger partial charge in [0.1, 0.15) is 5.84 Å². The van der Waals surface area contributed by atoms with Crippen LogP contribution in [0.3, 0.4) is 0 Å². The van der Waals surface area contributed by atoms with E-state index in [2.05, 4.69) is 71.6 Å². The van der Waals surface area contributed by atoms with Crippen LogP contribution in [-0.2, 0) is 13.1 Å². The molecule has 0 heterocycles. The van der Waals surface area contributed by atoms with Crippen LogP contribution < -0.4 is 0 Å². The van der Waals surface area contributed by atoms with Gasteiger partial charge in [0.05, 0.1) is 5.70 Å². The minimum Gasteiger partial charge on any atom is -0.352 e. The van der Waals surface area contributed by atoms with E-state index < -0.39 is 0 Å². The van der Waals surface area contributed by atoms with E-state index in [1.807, 2.05) is 19.1 Å². The summed E-state index contributed by atoms with van der Waals surface area (Å²) in [5.41, 5.74) is 3.21. The molecule has 0 aliphatic rings. The molecule has 2 aromatic carbocycles. The van der Waals surface area contributed by atoms with Crippen molar-refractivity contribution in [2.45, 2.75) is 20.0 Å². The molecule has 0 aliphatic carbocycles. The van der Waals surface area contributed by atoms with E-state index in [-0.39, 0.29) is 0 Å². The van der Waals surface area contributed by atoms with Crippen molar-refractivity contribution in [3.05, 3.63) is 96.7 Å². The summed E-state index contributed by atoms with van der Waals surface area (Å²) >= 11 is 0. The lowest BCUT2D eigenvalue weighted by Crippen LogP contribution is -2.28. The van der Waals surface area contributed by atoms with Gasteiger partial charge in [-0.2, -0.15) is 0 Å². The summed E-state index contributed by atoms with van der Waals surface area (Å²) in [5.74, 6) is 0.942. The second-order valence-corrected chi connectivity index (χ2v) is 5.18. The van der Waals surface area contributed by atoms with Gasteiger partial charge in [0, 0.05) is 13.1 Å². The van der Waals surface area contributed by atoms with E-state index >= 15 is 0 Å². The minimum absolute atomic E-state index is 0.684. The molecule has 0 saturated heterocycles. The second kappa shape index (κ2) is 7.99. The van der Waals surface area contributed by atoms with Gasteiger partial charge >= 0.3 is 0 Å². The summed E-state index contributed by atoms with van der Waals surface area (Å²) in [6.07, 6.45) is 1.67. The summed E-state index contributed by atoms with van der Waals surface area (Å²) in [6, 6.07) is 20.8. The molecule has 0 radical (unpaired) electrons. The molecule has 0 aliphatic heterocycles. The minimum atomic E-state index is 0.684. The molecule has 0 spiro atoms. The zero-order chi connectivity index (χ0) is 15.8. The highest BCUT2D eigenvalue weighted by atomic mass is 15.2. The van der Waals surface area contributed by atoms with Crippen molar-refractivity contribution < 1.29 is 0 Å². The van der Waals surface area contributed by atoms with Crippen molar-refractivity contribution in [2.24, 2.45) is 4.99 Å². The molecule has 0 aromatic heterocycles. The standard InChI is InChI=1S/C20H22N2/c1-4-17(2)21-18(3)22(15-19-11-7-5-8-12-19)16-20-13-9-6-10-14-20/h4-14H,1-2,15-16H2,3H3. The Morgan fingerprint density at radius 3 is 1.82 bits per heavy atom. The molecule has 0 amide bonds. The fourth-order valence-electron chi connectivity index (χ4n) is 2.22. The summed E-state index contributed by atoms with van der Waals surface area (Å²) in [6.45, 7) is 11.2. The van der Waals surface area contributed by atoms with Gasteiger partial charge in [0.15, 0.2) is 0 Å². The van der Waals surface area contributed by atoms with Gasteiger partial charge in [-0.1, -0.05) is 73.8 Å². The Morgan fingerprint density at radius 1 is 0.955 bits per heavy atom. The molecule has 0 N–H and O–H groups in total. The fourth-order valence-corrected chi connectivity index (χ4v) is 2.22.